The molecule has 4 nitrogen and oxygen atoms in total. The minimum atomic E-state index is -0.266. The van der Waals surface area contributed by atoms with Crippen molar-refractivity contribution in [3.8, 4) is 5.75 Å². The average Bonchev–Trinajstić information content (AvgIpc) is 2.54. The van der Waals surface area contributed by atoms with Gasteiger partial charge in [-0.3, -0.25) is 4.90 Å². The van der Waals surface area contributed by atoms with Gasteiger partial charge < -0.3 is 14.7 Å². The zero-order chi connectivity index (χ0) is 14.8. The highest BCUT2D eigenvalue weighted by Gasteiger charge is 2.34. The summed E-state index contributed by atoms with van der Waals surface area (Å²) in [5.41, 5.74) is 2.63. The first kappa shape index (κ1) is 14.8. The van der Waals surface area contributed by atoms with Gasteiger partial charge in [0.25, 0.3) is 0 Å². The largest absolute Gasteiger partial charge is 0.497 e. The molecule has 2 atom stereocenters. The number of piperazine rings is 1. The molecule has 1 aliphatic heterocycles. The van der Waals surface area contributed by atoms with Crippen LogP contribution in [-0.2, 0) is 6.42 Å². The Balaban J connectivity index is 1.85. The van der Waals surface area contributed by atoms with Gasteiger partial charge in [-0.1, -0.05) is 13.0 Å². The number of rotatable bonds is 3. The second-order valence-corrected chi connectivity index (χ2v) is 6.09. The van der Waals surface area contributed by atoms with Gasteiger partial charge in [0.1, 0.15) is 5.75 Å². The lowest BCUT2D eigenvalue weighted by Crippen LogP contribution is -2.50. The van der Waals surface area contributed by atoms with Gasteiger partial charge in [-0.2, -0.15) is 0 Å². The van der Waals surface area contributed by atoms with Gasteiger partial charge in [-0.15, -0.1) is 0 Å². The molecule has 0 unspecified atom stereocenters. The molecule has 0 saturated carbocycles. The van der Waals surface area contributed by atoms with Crippen molar-refractivity contribution >= 4 is 0 Å². The third-order valence-corrected chi connectivity index (χ3v) is 4.99. The zero-order valence-corrected chi connectivity index (χ0v) is 13.1. The fraction of sp³-hybridized carbons (Fsp3) is 0.647. The smallest absolute Gasteiger partial charge is 0.119 e. The molecule has 3 rings (SSSR count). The van der Waals surface area contributed by atoms with Crippen LogP contribution < -0.4 is 4.74 Å². The van der Waals surface area contributed by atoms with Crippen molar-refractivity contribution < 1.29 is 9.84 Å². The SMILES string of the molecule is CCN1CCN([C@H]2c3cc(OC)ccc3CC[C@@H]2O)CC1. The maximum Gasteiger partial charge on any atom is 0.119 e. The van der Waals surface area contributed by atoms with Gasteiger partial charge in [-0.05, 0) is 42.6 Å². The van der Waals surface area contributed by atoms with Crippen LogP contribution in [0.1, 0.15) is 30.5 Å². The predicted octanol–water partition coefficient (Wildman–Crippen LogP) is 1.68. The van der Waals surface area contributed by atoms with E-state index in [0.717, 1.165) is 51.3 Å². The molecule has 2 aliphatic rings. The summed E-state index contributed by atoms with van der Waals surface area (Å²) in [4.78, 5) is 4.92. The van der Waals surface area contributed by atoms with Crippen molar-refractivity contribution in [1.82, 2.24) is 9.80 Å². The van der Waals surface area contributed by atoms with E-state index in [1.165, 1.54) is 11.1 Å². The molecule has 0 radical (unpaired) electrons. The van der Waals surface area contributed by atoms with E-state index in [1.807, 2.05) is 6.07 Å². The van der Waals surface area contributed by atoms with Crippen LogP contribution >= 0.6 is 0 Å². The highest BCUT2D eigenvalue weighted by molar-refractivity contribution is 5.40. The van der Waals surface area contributed by atoms with Crippen LogP contribution in [0.4, 0.5) is 0 Å². The number of hydrogen-bond donors (Lipinski definition) is 1. The lowest BCUT2D eigenvalue weighted by molar-refractivity contribution is 0.00930. The Morgan fingerprint density at radius 1 is 1.24 bits per heavy atom. The van der Waals surface area contributed by atoms with Crippen molar-refractivity contribution in [2.24, 2.45) is 0 Å². The molecule has 1 saturated heterocycles. The Bertz CT molecular complexity index is 484. The number of nitrogens with zero attached hydrogens (tertiary/aromatic N) is 2. The molecule has 4 heteroatoms. The number of methoxy groups -OCH3 is 1. The minimum absolute atomic E-state index is 0.128. The molecule has 1 aromatic carbocycles. The van der Waals surface area contributed by atoms with E-state index in [1.54, 1.807) is 7.11 Å². The second kappa shape index (κ2) is 6.34. The molecular formula is C17H26N2O2. The lowest BCUT2D eigenvalue weighted by atomic mass is 9.84. The maximum absolute atomic E-state index is 10.6. The topological polar surface area (TPSA) is 35.9 Å². The number of benzene rings is 1. The van der Waals surface area contributed by atoms with Gasteiger partial charge in [0.2, 0.25) is 0 Å². The van der Waals surface area contributed by atoms with Gasteiger partial charge in [-0.25, -0.2) is 0 Å². The number of hydrogen-bond acceptors (Lipinski definition) is 4. The van der Waals surface area contributed by atoms with E-state index in [9.17, 15) is 5.11 Å². The number of ether oxygens (including phenoxy) is 1. The monoisotopic (exact) mass is 290 g/mol. The summed E-state index contributed by atoms with van der Waals surface area (Å²) in [6, 6.07) is 6.44. The molecule has 0 spiro atoms. The van der Waals surface area contributed by atoms with E-state index in [0.29, 0.717) is 0 Å². The molecule has 1 fully saturated rings. The summed E-state index contributed by atoms with van der Waals surface area (Å²) >= 11 is 0. The van der Waals surface area contributed by atoms with Gasteiger partial charge >= 0.3 is 0 Å². The fourth-order valence-corrected chi connectivity index (χ4v) is 3.67. The summed E-state index contributed by atoms with van der Waals surface area (Å²) in [6.07, 6.45) is 1.56. The number of aliphatic hydroxyl groups is 1. The number of aliphatic hydroxyl groups excluding tert-OH is 1. The van der Waals surface area contributed by atoms with E-state index < -0.39 is 0 Å². The number of fused-ring (bicyclic) bond motifs is 1. The summed E-state index contributed by atoms with van der Waals surface area (Å²) in [5.74, 6) is 0.889. The van der Waals surface area contributed by atoms with Gasteiger partial charge in [0.05, 0.1) is 19.3 Å². The van der Waals surface area contributed by atoms with Crippen LogP contribution in [0.15, 0.2) is 18.2 Å². The minimum Gasteiger partial charge on any atom is -0.497 e. The van der Waals surface area contributed by atoms with Crippen molar-refractivity contribution in [2.75, 3.05) is 39.8 Å². The Labute approximate surface area is 127 Å². The fourth-order valence-electron chi connectivity index (χ4n) is 3.67. The molecule has 1 N–H and O–H groups in total. The highest BCUT2D eigenvalue weighted by atomic mass is 16.5. The molecule has 21 heavy (non-hydrogen) atoms. The number of likely N-dealkylation sites (N-methyl/N-ethyl adjacent to an activating group) is 1. The van der Waals surface area contributed by atoms with Crippen molar-refractivity contribution in [3.05, 3.63) is 29.3 Å². The Hall–Kier alpha value is -1.10. The summed E-state index contributed by atoms with van der Waals surface area (Å²) in [5, 5.41) is 10.6. The van der Waals surface area contributed by atoms with Crippen LogP contribution in [0, 0.1) is 0 Å². The zero-order valence-electron chi connectivity index (χ0n) is 13.1. The first-order valence-corrected chi connectivity index (χ1v) is 8.04. The second-order valence-electron chi connectivity index (χ2n) is 6.09. The Morgan fingerprint density at radius 2 is 2.00 bits per heavy atom. The lowest BCUT2D eigenvalue weighted by Gasteiger charge is -2.43. The van der Waals surface area contributed by atoms with Gasteiger partial charge in [0.15, 0.2) is 0 Å². The standard InChI is InChI=1S/C17H26N2O2/c1-3-18-8-10-19(11-9-18)17-15-12-14(21-2)6-4-13(15)5-7-16(17)20/h4,6,12,16-17,20H,3,5,7-11H2,1-2H3/t16-,17-/m0/s1. The van der Waals surface area contributed by atoms with Crippen LogP contribution in [0.2, 0.25) is 0 Å². The van der Waals surface area contributed by atoms with E-state index >= 15 is 0 Å². The molecule has 116 valence electrons. The van der Waals surface area contributed by atoms with Crippen molar-refractivity contribution in [1.29, 1.82) is 0 Å². The Kier molecular flexibility index (Phi) is 4.48. The molecule has 0 amide bonds. The van der Waals surface area contributed by atoms with E-state index in [2.05, 4.69) is 28.9 Å². The molecule has 0 bridgehead atoms. The highest BCUT2D eigenvalue weighted by Crippen LogP contribution is 2.37. The molecule has 1 heterocycles. The summed E-state index contributed by atoms with van der Waals surface area (Å²) in [7, 11) is 1.70. The molecule has 1 aliphatic carbocycles. The third kappa shape index (κ3) is 2.93. The average molecular weight is 290 g/mol. The third-order valence-electron chi connectivity index (χ3n) is 4.99. The maximum atomic E-state index is 10.6. The molecular weight excluding hydrogens is 264 g/mol. The van der Waals surface area contributed by atoms with E-state index in [4.69, 9.17) is 4.74 Å². The van der Waals surface area contributed by atoms with Crippen LogP contribution in [0.25, 0.3) is 0 Å². The molecule has 0 aromatic heterocycles. The van der Waals surface area contributed by atoms with E-state index in [-0.39, 0.29) is 12.1 Å². The van der Waals surface area contributed by atoms with Crippen LogP contribution in [-0.4, -0.2) is 60.8 Å². The predicted molar refractivity (Wildman–Crippen MR) is 83.7 cm³/mol. The van der Waals surface area contributed by atoms with Crippen molar-refractivity contribution in [2.45, 2.75) is 31.9 Å². The normalized spacial score (nSPS) is 27.4. The van der Waals surface area contributed by atoms with Gasteiger partial charge in [0, 0.05) is 26.2 Å². The molecule has 1 aromatic rings. The van der Waals surface area contributed by atoms with Crippen molar-refractivity contribution in [3.63, 3.8) is 0 Å². The summed E-state index contributed by atoms with van der Waals surface area (Å²) in [6.45, 7) is 7.59. The number of aryl methyl sites for hydroxylation is 1. The van der Waals surface area contributed by atoms with Crippen LogP contribution in [0.3, 0.4) is 0 Å². The Morgan fingerprint density at radius 3 is 2.67 bits per heavy atom. The quantitative estimate of drug-likeness (QED) is 0.919. The van der Waals surface area contributed by atoms with Crippen LogP contribution in [0.5, 0.6) is 5.75 Å². The first-order valence-electron chi connectivity index (χ1n) is 8.04. The first-order chi connectivity index (χ1) is 10.2. The summed E-state index contributed by atoms with van der Waals surface area (Å²) < 4.78 is 5.38.